The number of aryl methyl sites for hydroxylation is 1. The molecule has 0 saturated heterocycles. The van der Waals surface area contributed by atoms with Gasteiger partial charge < -0.3 is 0 Å². The van der Waals surface area contributed by atoms with Gasteiger partial charge in [-0.05, 0) is 84.8 Å². The number of rotatable bonds is 6. The van der Waals surface area contributed by atoms with E-state index < -0.39 is 31.4 Å². The average molecular weight is 637 g/mol. The Labute approximate surface area is 300 Å². The second-order valence-corrected chi connectivity index (χ2v) is 11.9. The summed E-state index contributed by atoms with van der Waals surface area (Å²) >= 11 is 0. The topological polar surface area (TPSA) is 17.8 Å². The monoisotopic (exact) mass is 636 g/mol. The zero-order valence-electron chi connectivity index (χ0n) is 36.3. The third-order valence-electron chi connectivity index (χ3n) is 9.18. The molecule has 0 amide bonds. The smallest absolute Gasteiger partial charge is 0.114 e. The predicted octanol–water partition coefficient (Wildman–Crippen LogP) is 12.6. The summed E-state index contributed by atoms with van der Waals surface area (Å²) in [6.45, 7) is -2.97. The highest BCUT2D eigenvalue weighted by molar-refractivity contribution is 6.22. The van der Waals surface area contributed by atoms with Crippen molar-refractivity contribution >= 4 is 32.6 Å². The van der Waals surface area contributed by atoms with Crippen molar-refractivity contribution in [1.29, 1.82) is 0 Å². The van der Waals surface area contributed by atoms with Gasteiger partial charge in [0.05, 0.1) is 23.6 Å². The van der Waals surface area contributed by atoms with Crippen molar-refractivity contribution in [3.05, 3.63) is 182 Å². The van der Waals surface area contributed by atoms with Crippen molar-refractivity contribution in [2.45, 2.75) is 13.2 Å². The highest BCUT2D eigenvalue weighted by Crippen LogP contribution is 2.45. The second kappa shape index (κ2) is 12.1. The molecule has 2 nitrogen and oxygen atoms in total. The molecule has 0 aliphatic carbocycles. The molecule has 9 rings (SSSR count). The predicted molar refractivity (Wildman–Crippen MR) is 207 cm³/mol. The van der Waals surface area contributed by atoms with Gasteiger partial charge in [-0.25, -0.2) is 4.98 Å². The van der Waals surface area contributed by atoms with Gasteiger partial charge in [0, 0.05) is 18.8 Å². The fourth-order valence-corrected chi connectivity index (χ4v) is 7.04. The van der Waals surface area contributed by atoms with Gasteiger partial charge in [0.1, 0.15) is 5.82 Å². The van der Waals surface area contributed by atoms with Crippen molar-refractivity contribution in [2.24, 2.45) is 0 Å². The first-order chi connectivity index (χ1) is 28.3. The van der Waals surface area contributed by atoms with E-state index >= 15 is 0 Å². The molecule has 8 aromatic carbocycles. The van der Waals surface area contributed by atoms with Crippen molar-refractivity contribution in [3.8, 4) is 50.2 Å². The molecule has 1 aromatic heterocycles. The lowest BCUT2D eigenvalue weighted by molar-refractivity contribution is 0.909. The van der Waals surface area contributed by atoms with E-state index in [2.05, 4.69) is 17.1 Å². The molecule has 0 spiro atoms. The number of hydrogen-bond donors (Lipinski definition) is 0. The zero-order valence-corrected chi connectivity index (χ0v) is 26.3. The summed E-state index contributed by atoms with van der Waals surface area (Å²) in [5.41, 5.74) is 7.66. The summed E-state index contributed by atoms with van der Waals surface area (Å²) in [5.74, 6) is -0.206. The molecule has 49 heavy (non-hydrogen) atoms. The minimum Gasteiger partial charge on any atom is -0.296 e. The fourth-order valence-electron chi connectivity index (χ4n) is 7.04. The van der Waals surface area contributed by atoms with Crippen LogP contribution in [0.1, 0.15) is 26.4 Å². The second-order valence-electron chi connectivity index (χ2n) is 11.9. The summed E-state index contributed by atoms with van der Waals surface area (Å²) in [6.07, 6.45) is -2.75. The van der Waals surface area contributed by atoms with Crippen LogP contribution >= 0.6 is 0 Å². The van der Waals surface area contributed by atoms with Crippen LogP contribution in [0.25, 0.3) is 82.8 Å². The van der Waals surface area contributed by atoms with Gasteiger partial charge in [-0.1, -0.05) is 158 Å². The maximum atomic E-state index is 8.75. The third-order valence-corrected chi connectivity index (χ3v) is 9.18. The van der Waals surface area contributed by atoms with E-state index in [0.717, 1.165) is 54.9 Å². The lowest BCUT2D eigenvalue weighted by Gasteiger charge is -2.19. The number of fused-ring (bicyclic) bond motifs is 3. The maximum Gasteiger partial charge on any atom is 0.114 e. The first-order valence-electron chi connectivity index (χ1n) is 21.1. The Morgan fingerprint density at radius 1 is 0.551 bits per heavy atom. The van der Waals surface area contributed by atoms with Crippen LogP contribution in [0, 0.1) is 0 Å². The van der Waals surface area contributed by atoms with Crippen LogP contribution in [0.2, 0.25) is 0 Å². The van der Waals surface area contributed by atoms with Gasteiger partial charge >= 0.3 is 0 Å². The van der Waals surface area contributed by atoms with E-state index in [1.165, 1.54) is 0 Å². The van der Waals surface area contributed by atoms with Crippen LogP contribution < -0.4 is 0 Å². The molecule has 0 saturated carbocycles. The maximum absolute atomic E-state index is 8.75. The summed E-state index contributed by atoms with van der Waals surface area (Å²) < 4.78 is 85.7. The number of aromatic nitrogens is 2. The SMILES string of the molecule is [2H]c1c([2H])c([2H])c(-c2ccc3c(-c4ccc(-c5ccccc5-n5c(C([2H])([2H])C([2H])([2H])[2H])nc6ccccc65)cc4)c4ccccc4c(-c4ccccc4)c3c2)c([2H])c1[2H]. The zero-order chi connectivity index (χ0) is 41.4. The van der Waals surface area contributed by atoms with Crippen LogP contribution in [0.4, 0.5) is 0 Å². The first-order valence-corrected chi connectivity index (χ1v) is 16.1. The Bertz CT molecular complexity index is 3090. The van der Waals surface area contributed by atoms with Gasteiger partial charge in [-0.3, -0.25) is 4.57 Å². The summed E-state index contributed by atoms with van der Waals surface area (Å²) in [7, 11) is 0. The van der Waals surface area contributed by atoms with Crippen LogP contribution in [-0.4, -0.2) is 9.55 Å². The summed E-state index contributed by atoms with van der Waals surface area (Å²) in [6, 6.07) is 44.8. The lowest BCUT2D eigenvalue weighted by Crippen LogP contribution is -2.02. The van der Waals surface area contributed by atoms with E-state index in [4.69, 9.17) is 13.7 Å². The van der Waals surface area contributed by atoms with Gasteiger partial charge in [-0.2, -0.15) is 0 Å². The molecule has 232 valence electrons. The van der Waals surface area contributed by atoms with Gasteiger partial charge in [0.15, 0.2) is 0 Å². The molecule has 0 radical (unpaired) electrons. The summed E-state index contributed by atoms with van der Waals surface area (Å²) in [4.78, 5) is 4.53. The molecular weight excluding hydrogens is 593 g/mol. The van der Waals surface area contributed by atoms with Gasteiger partial charge in [0.25, 0.3) is 0 Å². The number of nitrogens with zero attached hydrogens (tertiary/aromatic N) is 2. The Balaban J connectivity index is 1.26. The van der Waals surface area contributed by atoms with Crippen LogP contribution in [0.3, 0.4) is 0 Å². The molecule has 0 aliphatic rings. The Hall–Kier alpha value is -6.25. The van der Waals surface area contributed by atoms with E-state index in [0.29, 0.717) is 22.3 Å². The van der Waals surface area contributed by atoms with E-state index in [1.807, 2.05) is 115 Å². The Morgan fingerprint density at radius 3 is 1.96 bits per heavy atom. The van der Waals surface area contributed by atoms with E-state index in [9.17, 15) is 0 Å². The standard InChI is InChI=1S/C47H34N2/c1-2-45-48-42-22-12-14-24-44(42)49(45)43-23-13-11-19-37(43)33-25-27-35(28-26-33)46-38-20-9-10-21-39(38)47(34-17-7-4-8-18-34)41-31-36(29-30-40(41)46)32-15-5-3-6-16-32/h3-31H,2H2,1H3/i1D3,2D2,3D,5D,6D,15D,16D. The Kier molecular flexibility index (Phi) is 4.98. The number of benzene rings is 8. The van der Waals surface area contributed by atoms with Gasteiger partial charge in [0.2, 0.25) is 0 Å². The van der Waals surface area contributed by atoms with Crippen molar-refractivity contribution in [1.82, 2.24) is 9.55 Å². The van der Waals surface area contributed by atoms with E-state index in [-0.39, 0.29) is 23.5 Å². The lowest BCUT2D eigenvalue weighted by atomic mass is 9.84. The number of imidazole rings is 1. The molecule has 2 heteroatoms. The number of para-hydroxylation sites is 3. The fraction of sp³-hybridized carbons (Fsp3) is 0.0426. The molecule has 0 fully saturated rings. The molecule has 0 bridgehead atoms. The van der Waals surface area contributed by atoms with E-state index in [1.54, 1.807) is 22.8 Å². The van der Waals surface area contributed by atoms with Crippen LogP contribution in [0.5, 0.6) is 0 Å². The van der Waals surface area contributed by atoms with Crippen molar-refractivity contribution < 1.29 is 13.7 Å². The molecule has 0 unspecified atom stereocenters. The molecule has 1 heterocycles. The first kappa shape index (κ1) is 20.2. The third kappa shape index (κ3) is 4.92. The molecule has 9 aromatic rings. The average Bonchev–Trinajstić information content (AvgIpc) is 3.64. The quantitative estimate of drug-likeness (QED) is 0.166. The minimum atomic E-state index is -2.97. The molecule has 0 atom stereocenters. The van der Waals surface area contributed by atoms with Crippen LogP contribution in [-0.2, 0) is 6.37 Å². The molecule has 0 N–H and O–H groups in total. The molecular formula is C47H34N2. The minimum absolute atomic E-state index is 0.135. The van der Waals surface area contributed by atoms with Crippen molar-refractivity contribution in [3.63, 3.8) is 0 Å². The number of hydrogen-bond acceptors (Lipinski definition) is 1. The normalized spacial score (nSPS) is 14.9. The Morgan fingerprint density at radius 2 is 1.16 bits per heavy atom. The van der Waals surface area contributed by atoms with Gasteiger partial charge in [-0.15, -0.1) is 0 Å². The highest BCUT2D eigenvalue weighted by atomic mass is 15.1. The largest absolute Gasteiger partial charge is 0.296 e. The van der Waals surface area contributed by atoms with Crippen molar-refractivity contribution in [2.75, 3.05) is 0 Å². The summed E-state index contributed by atoms with van der Waals surface area (Å²) in [5, 5.41) is 3.75. The van der Waals surface area contributed by atoms with Crippen LogP contribution in [0.15, 0.2) is 176 Å². The molecule has 0 aliphatic heterocycles. The highest BCUT2D eigenvalue weighted by Gasteiger charge is 2.19.